The van der Waals surface area contributed by atoms with Gasteiger partial charge < -0.3 is 10.1 Å². The Balaban J connectivity index is 2.83. The van der Waals surface area contributed by atoms with E-state index in [0.29, 0.717) is 12.6 Å². The average Bonchev–Trinajstić information content (AvgIpc) is 2.38. The molecule has 0 spiro atoms. The van der Waals surface area contributed by atoms with E-state index in [-0.39, 0.29) is 0 Å². The predicted octanol–water partition coefficient (Wildman–Crippen LogP) is 3.46. The summed E-state index contributed by atoms with van der Waals surface area (Å²) in [6, 6.07) is 6.59. The molecule has 18 heavy (non-hydrogen) atoms. The highest BCUT2D eigenvalue weighted by Crippen LogP contribution is 2.26. The molecule has 1 atom stereocenters. The fraction of sp³-hybridized carbons (Fsp3) is 0.500. The SMILES string of the molecule is CC#CCOc1ccc(C)cc1C(C)NCCC. The number of benzene rings is 1. The number of hydrogen-bond acceptors (Lipinski definition) is 2. The van der Waals surface area contributed by atoms with Gasteiger partial charge >= 0.3 is 0 Å². The van der Waals surface area contributed by atoms with Crippen LogP contribution in [-0.2, 0) is 0 Å². The van der Waals surface area contributed by atoms with Gasteiger partial charge in [0.15, 0.2) is 0 Å². The molecule has 2 heteroatoms. The molecule has 1 rings (SSSR count). The van der Waals surface area contributed by atoms with Gasteiger partial charge in [-0.15, -0.1) is 5.92 Å². The minimum Gasteiger partial charge on any atom is -0.481 e. The largest absolute Gasteiger partial charge is 0.481 e. The average molecular weight is 245 g/mol. The van der Waals surface area contributed by atoms with Crippen molar-refractivity contribution in [3.8, 4) is 17.6 Å². The zero-order valence-electron chi connectivity index (χ0n) is 11.8. The maximum atomic E-state index is 5.72. The summed E-state index contributed by atoms with van der Waals surface area (Å²) in [5.74, 6) is 6.70. The van der Waals surface area contributed by atoms with E-state index in [9.17, 15) is 0 Å². The molecular formula is C16H23NO. The van der Waals surface area contributed by atoms with Gasteiger partial charge in [-0.3, -0.25) is 0 Å². The minimum atomic E-state index is 0.300. The second kappa shape index (κ2) is 7.79. The summed E-state index contributed by atoms with van der Waals surface area (Å²) in [5.41, 5.74) is 2.46. The lowest BCUT2D eigenvalue weighted by Crippen LogP contribution is -2.20. The van der Waals surface area contributed by atoms with Crippen molar-refractivity contribution >= 4 is 0 Å². The van der Waals surface area contributed by atoms with Gasteiger partial charge in [0.1, 0.15) is 12.4 Å². The first kappa shape index (κ1) is 14.6. The lowest BCUT2D eigenvalue weighted by molar-refractivity contribution is 0.360. The molecule has 0 aromatic heterocycles. The van der Waals surface area contributed by atoms with Crippen LogP contribution in [0.2, 0.25) is 0 Å². The number of nitrogens with one attached hydrogen (secondary N) is 1. The molecule has 0 saturated heterocycles. The van der Waals surface area contributed by atoms with Gasteiger partial charge in [-0.1, -0.05) is 30.5 Å². The van der Waals surface area contributed by atoms with Crippen molar-refractivity contribution in [2.45, 2.75) is 40.2 Å². The number of ether oxygens (including phenoxy) is 1. The monoisotopic (exact) mass is 245 g/mol. The van der Waals surface area contributed by atoms with E-state index in [2.05, 4.69) is 50.1 Å². The van der Waals surface area contributed by atoms with E-state index in [4.69, 9.17) is 4.74 Å². The van der Waals surface area contributed by atoms with Crippen molar-refractivity contribution in [3.05, 3.63) is 29.3 Å². The van der Waals surface area contributed by atoms with Crippen LogP contribution in [0.15, 0.2) is 18.2 Å². The van der Waals surface area contributed by atoms with Crippen molar-refractivity contribution in [2.75, 3.05) is 13.2 Å². The third-order valence-electron chi connectivity index (χ3n) is 2.81. The van der Waals surface area contributed by atoms with E-state index in [1.165, 1.54) is 11.1 Å². The molecule has 0 radical (unpaired) electrons. The zero-order valence-corrected chi connectivity index (χ0v) is 11.8. The highest BCUT2D eigenvalue weighted by Gasteiger charge is 2.11. The van der Waals surface area contributed by atoms with Crippen LogP contribution in [0.5, 0.6) is 5.75 Å². The standard InChI is InChI=1S/C16H23NO/c1-5-7-11-18-16-9-8-13(3)12-15(16)14(4)17-10-6-2/h8-9,12,14,17H,6,10-11H2,1-4H3. The second-order valence-electron chi connectivity index (χ2n) is 4.43. The van der Waals surface area contributed by atoms with Crippen LogP contribution >= 0.6 is 0 Å². The molecule has 1 N–H and O–H groups in total. The maximum Gasteiger partial charge on any atom is 0.149 e. The summed E-state index contributed by atoms with van der Waals surface area (Å²) >= 11 is 0. The Morgan fingerprint density at radius 2 is 2.17 bits per heavy atom. The summed E-state index contributed by atoms with van der Waals surface area (Å²) in [6.07, 6.45) is 1.13. The van der Waals surface area contributed by atoms with Crippen molar-refractivity contribution in [3.63, 3.8) is 0 Å². The molecule has 0 fully saturated rings. The predicted molar refractivity (Wildman–Crippen MR) is 76.8 cm³/mol. The topological polar surface area (TPSA) is 21.3 Å². The quantitative estimate of drug-likeness (QED) is 0.775. The molecule has 98 valence electrons. The summed E-state index contributed by atoms with van der Waals surface area (Å²) in [7, 11) is 0. The summed E-state index contributed by atoms with van der Waals surface area (Å²) in [5, 5.41) is 3.49. The third-order valence-corrected chi connectivity index (χ3v) is 2.81. The lowest BCUT2D eigenvalue weighted by Gasteiger charge is -2.18. The van der Waals surface area contributed by atoms with E-state index in [1.54, 1.807) is 0 Å². The molecule has 0 bridgehead atoms. The van der Waals surface area contributed by atoms with Crippen LogP contribution < -0.4 is 10.1 Å². The molecule has 1 aromatic carbocycles. The van der Waals surface area contributed by atoms with E-state index in [1.807, 2.05) is 13.0 Å². The van der Waals surface area contributed by atoms with E-state index >= 15 is 0 Å². The molecule has 0 aliphatic rings. The summed E-state index contributed by atoms with van der Waals surface area (Å²) < 4.78 is 5.72. The molecule has 0 aliphatic carbocycles. The number of rotatable bonds is 6. The van der Waals surface area contributed by atoms with Crippen LogP contribution in [0.3, 0.4) is 0 Å². The van der Waals surface area contributed by atoms with Crippen LogP contribution in [-0.4, -0.2) is 13.2 Å². The van der Waals surface area contributed by atoms with E-state index in [0.717, 1.165) is 18.7 Å². The zero-order chi connectivity index (χ0) is 13.4. The smallest absolute Gasteiger partial charge is 0.149 e. The number of aryl methyl sites for hydroxylation is 1. The maximum absolute atomic E-state index is 5.72. The highest BCUT2D eigenvalue weighted by atomic mass is 16.5. The van der Waals surface area contributed by atoms with Crippen LogP contribution in [0.1, 0.15) is 44.4 Å². The fourth-order valence-corrected chi connectivity index (χ4v) is 1.79. The van der Waals surface area contributed by atoms with Crippen molar-refractivity contribution in [1.29, 1.82) is 0 Å². The Hall–Kier alpha value is -1.46. The first-order chi connectivity index (χ1) is 8.69. The van der Waals surface area contributed by atoms with Gasteiger partial charge in [0.05, 0.1) is 0 Å². The lowest BCUT2D eigenvalue weighted by atomic mass is 10.0. The van der Waals surface area contributed by atoms with Gasteiger partial charge in [-0.05, 0) is 39.8 Å². The van der Waals surface area contributed by atoms with Crippen LogP contribution in [0, 0.1) is 18.8 Å². The van der Waals surface area contributed by atoms with Gasteiger partial charge in [0.2, 0.25) is 0 Å². The van der Waals surface area contributed by atoms with E-state index < -0.39 is 0 Å². The van der Waals surface area contributed by atoms with Crippen molar-refractivity contribution in [2.24, 2.45) is 0 Å². The highest BCUT2D eigenvalue weighted by molar-refractivity contribution is 5.39. The molecule has 0 heterocycles. The second-order valence-corrected chi connectivity index (χ2v) is 4.43. The van der Waals surface area contributed by atoms with Crippen LogP contribution in [0.25, 0.3) is 0 Å². The Morgan fingerprint density at radius 1 is 1.39 bits per heavy atom. The molecule has 0 aliphatic heterocycles. The normalized spacial score (nSPS) is 11.6. The van der Waals surface area contributed by atoms with Gasteiger partial charge in [-0.25, -0.2) is 0 Å². The molecule has 0 saturated carbocycles. The Kier molecular flexibility index (Phi) is 6.32. The molecule has 1 unspecified atom stereocenters. The van der Waals surface area contributed by atoms with Crippen molar-refractivity contribution in [1.82, 2.24) is 5.32 Å². The Labute approximate surface area is 111 Å². The van der Waals surface area contributed by atoms with Gasteiger partial charge in [0, 0.05) is 11.6 Å². The van der Waals surface area contributed by atoms with Gasteiger partial charge in [-0.2, -0.15) is 0 Å². The molecular weight excluding hydrogens is 222 g/mol. The first-order valence-corrected chi connectivity index (χ1v) is 6.55. The number of hydrogen-bond donors (Lipinski definition) is 1. The Morgan fingerprint density at radius 3 is 2.83 bits per heavy atom. The van der Waals surface area contributed by atoms with Gasteiger partial charge in [0.25, 0.3) is 0 Å². The van der Waals surface area contributed by atoms with Crippen molar-refractivity contribution < 1.29 is 4.74 Å². The van der Waals surface area contributed by atoms with Crippen LogP contribution in [0.4, 0.5) is 0 Å². The molecule has 0 amide bonds. The fourth-order valence-electron chi connectivity index (χ4n) is 1.79. The first-order valence-electron chi connectivity index (χ1n) is 6.55. The minimum absolute atomic E-state index is 0.300. The molecule has 2 nitrogen and oxygen atoms in total. The summed E-state index contributed by atoms with van der Waals surface area (Å²) in [4.78, 5) is 0. The Bertz CT molecular complexity index is 428. The molecule has 1 aromatic rings. The third kappa shape index (κ3) is 4.43. The summed E-state index contributed by atoms with van der Waals surface area (Å²) in [6.45, 7) is 9.74.